The van der Waals surface area contributed by atoms with Crippen molar-refractivity contribution in [1.29, 1.82) is 0 Å². The average molecular weight is 198 g/mol. The zero-order valence-corrected chi connectivity index (χ0v) is 8.75. The monoisotopic (exact) mass is 198 g/mol. The van der Waals surface area contributed by atoms with Gasteiger partial charge < -0.3 is 9.47 Å². The summed E-state index contributed by atoms with van der Waals surface area (Å²) < 4.78 is 10.4. The molecule has 1 unspecified atom stereocenters. The summed E-state index contributed by atoms with van der Waals surface area (Å²) >= 11 is 0. The number of ether oxygens (including phenoxy) is 2. The van der Waals surface area contributed by atoms with Gasteiger partial charge >= 0.3 is 5.97 Å². The van der Waals surface area contributed by atoms with E-state index in [4.69, 9.17) is 9.47 Å². The maximum Gasteiger partial charge on any atom is 0.341 e. The summed E-state index contributed by atoms with van der Waals surface area (Å²) in [7, 11) is 0. The molecule has 14 heavy (non-hydrogen) atoms. The average Bonchev–Trinajstić information content (AvgIpc) is 3.00. The number of epoxide rings is 1. The fourth-order valence-electron chi connectivity index (χ4n) is 2.42. The van der Waals surface area contributed by atoms with Crippen LogP contribution in [0.15, 0.2) is 0 Å². The van der Waals surface area contributed by atoms with E-state index in [9.17, 15) is 4.79 Å². The standard InChI is InChI=1S/C11H18O3/c1-2-13-10(12)11(8-14-11)9-6-4-3-5-7-9/h9H,2-8H2,1H3. The summed E-state index contributed by atoms with van der Waals surface area (Å²) in [5.74, 6) is 0.280. The lowest BCUT2D eigenvalue weighted by molar-refractivity contribution is -0.152. The van der Waals surface area contributed by atoms with E-state index in [0.717, 1.165) is 12.8 Å². The minimum atomic E-state index is -0.531. The van der Waals surface area contributed by atoms with Gasteiger partial charge in [-0.25, -0.2) is 4.79 Å². The molecule has 0 aromatic heterocycles. The number of carbonyl (C=O) groups excluding carboxylic acids is 1. The molecule has 2 aliphatic rings. The maximum absolute atomic E-state index is 11.7. The van der Waals surface area contributed by atoms with Crippen LogP contribution >= 0.6 is 0 Å². The van der Waals surface area contributed by atoms with Gasteiger partial charge in [0.05, 0.1) is 13.2 Å². The summed E-state index contributed by atoms with van der Waals surface area (Å²) in [6.45, 7) is 2.88. The van der Waals surface area contributed by atoms with Gasteiger partial charge in [0.1, 0.15) is 0 Å². The highest BCUT2D eigenvalue weighted by Gasteiger charge is 2.59. The molecule has 2 rings (SSSR count). The third-order valence-corrected chi connectivity index (χ3v) is 3.34. The van der Waals surface area contributed by atoms with Gasteiger partial charge in [0, 0.05) is 5.92 Å². The van der Waals surface area contributed by atoms with Crippen LogP contribution in [0.3, 0.4) is 0 Å². The number of esters is 1. The number of hydrogen-bond donors (Lipinski definition) is 0. The van der Waals surface area contributed by atoms with Gasteiger partial charge in [0.15, 0.2) is 5.60 Å². The van der Waals surface area contributed by atoms with Gasteiger partial charge in [0.25, 0.3) is 0 Å². The second-order valence-electron chi connectivity index (χ2n) is 4.23. The zero-order chi connectivity index (χ0) is 10.0. The highest BCUT2D eigenvalue weighted by molar-refractivity contribution is 5.82. The predicted octanol–water partition coefficient (Wildman–Crippen LogP) is 1.90. The molecule has 1 atom stereocenters. The molecule has 0 amide bonds. The van der Waals surface area contributed by atoms with Crippen LogP contribution in [0.25, 0.3) is 0 Å². The first kappa shape index (κ1) is 9.97. The molecule has 80 valence electrons. The van der Waals surface area contributed by atoms with E-state index >= 15 is 0 Å². The van der Waals surface area contributed by atoms with Crippen LogP contribution in [0, 0.1) is 5.92 Å². The summed E-state index contributed by atoms with van der Waals surface area (Å²) in [6.07, 6.45) is 6.01. The molecule has 0 spiro atoms. The number of hydrogen-bond acceptors (Lipinski definition) is 3. The molecule has 0 aromatic rings. The predicted molar refractivity (Wildman–Crippen MR) is 51.9 cm³/mol. The number of rotatable bonds is 3. The maximum atomic E-state index is 11.7. The molecule has 1 heterocycles. The van der Waals surface area contributed by atoms with Crippen molar-refractivity contribution in [2.75, 3.05) is 13.2 Å². The van der Waals surface area contributed by atoms with E-state index in [0.29, 0.717) is 19.1 Å². The van der Waals surface area contributed by atoms with E-state index < -0.39 is 5.60 Å². The lowest BCUT2D eigenvalue weighted by Gasteiger charge is -2.25. The molecule has 3 nitrogen and oxygen atoms in total. The van der Waals surface area contributed by atoms with Crippen LogP contribution in [0.1, 0.15) is 39.0 Å². The summed E-state index contributed by atoms with van der Waals surface area (Å²) in [5.41, 5.74) is -0.531. The molecule has 0 aromatic carbocycles. The van der Waals surface area contributed by atoms with Crippen molar-refractivity contribution in [2.45, 2.75) is 44.6 Å². The van der Waals surface area contributed by atoms with Crippen molar-refractivity contribution in [2.24, 2.45) is 5.92 Å². The fourth-order valence-corrected chi connectivity index (χ4v) is 2.42. The smallest absolute Gasteiger partial charge is 0.341 e. The SMILES string of the molecule is CCOC(=O)C1(C2CCCCC2)CO1. The Balaban J connectivity index is 1.96. The molecule has 2 fully saturated rings. The molecule has 1 saturated heterocycles. The van der Waals surface area contributed by atoms with Crippen molar-refractivity contribution in [1.82, 2.24) is 0 Å². The first-order valence-corrected chi connectivity index (χ1v) is 5.61. The Hall–Kier alpha value is -0.570. The van der Waals surface area contributed by atoms with Gasteiger partial charge in [-0.15, -0.1) is 0 Å². The first-order valence-electron chi connectivity index (χ1n) is 5.61. The molecular weight excluding hydrogens is 180 g/mol. The van der Waals surface area contributed by atoms with Crippen molar-refractivity contribution in [3.63, 3.8) is 0 Å². The fraction of sp³-hybridized carbons (Fsp3) is 0.909. The van der Waals surface area contributed by atoms with Gasteiger partial charge in [0.2, 0.25) is 0 Å². The van der Waals surface area contributed by atoms with Crippen molar-refractivity contribution >= 4 is 5.97 Å². The minimum Gasteiger partial charge on any atom is -0.464 e. The van der Waals surface area contributed by atoms with Crippen LogP contribution < -0.4 is 0 Å². The second-order valence-corrected chi connectivity index (χ2v) is 4.23. The largest absolute Gasteiger partial charge is 0.464 e. The Morgan fingerprint density at radius 1 is 1.43 bits per heavy atom. The Kier molecular flexibility index (Phi) is 2.77. The van der Waals surface area contributed by atoms with Gasteiger partial charge in [-0.05, 0) is 19.8 Å². The van der Waals surface area contributed by atoms with Crippen LogP contribution in [-0.4, -0.2) is 24.8 Å². The van der Waals surface area contributed by atoms with Crippen molar-refractivity contribution < 1.29 is 14.3 Å². The molecule has 0 bridgehead atoms. The van der Waals surface area contributed by atoms with Crippen LogP contribution in [-0.2, 0) is 14.3 Å². The van der Waals surface area contributed by atoms with Crippen LogP contribution in [0.2, 0.25) is 0 Å². The van der Waals surface area contributed by atoms with E-state index in [1.54, 1.807) is 0 Å². The molecule has 0 radical (unpaired) electrons. The Morgan fingerprint density at radius 2 is 2.07 bits per heavy atom. The third kappa shape index (κ3) is 1.65. The summed E-state index contributed by atoms with van der Waals surface area (Å²) in [5, 5.41) is 0. The van der Waals surface area contributed by atoms with E-state index in [1.807, 2.05) is 6.92 Å². The van der Waals surface area contributed by atoms with Crippen LogP contribution in [0.4, 0.5) is 0 Å². The zero-order valence-electron chi connectivity index (χ0n) is 8.75. The highest BCUT2D eigenvalue weighted by Crippen LogP contribution is 2.44. The quantitative estimate of drug-likeness (QED) is 0.513. The number of carbonyl (C=O) groups is 1. The van der Waals surface area contributed by atoms with E-state index in [2.05, 4.69) is 0 Å². The second kappa shape index (κ2) is 3.89. The van der Waals surface area contributed by atoms with Gasteiger partial charge in [-0.3, -0.25) is 0 Å². The Labute approximate surface area is 84.8 Å². The van der Waals surface area contributed by atoms with Gasteiger partial charge in [-0.2, -0.15) is 0 Å². The van der Waals surface area contributed by atoms with Crippen molar-refractivity contribution in [3.05, 3.63) is 0 Å². The highest BCUT2D eigenvalue weighted by atomic mass is 16.6. The van der Waals surface area contributed by atoms with E-state index in [1.165, 1.54) is 19.3 Å². The van der Waals surface area contributed by atoms with Gasteiger partial charge in [-0.1, -0.05) is 19.3 Å². The molecule has 1 aliphatic heterocycles. The summed E-state index contributed by atoms with van der Waals surface area (Å²) in [6, 6.07) is 0. The first-order chi connectivity index (χ1) is 6.79. The minimum absolute atomic E-state index is 0.132. The Morgan fingerprint density at radius 3 is 2.57 bits per heavy atom. The molecule has 1 saturated carbocycles. The summed E-state index contributed by atoms with van der Waals surface area (Å²) in [4.78, 5) is 11.7. The molecular formula is C11H18O3. The lowest BCUT2D eigenvalue weighted by atomic mass is 9.80. The van der Waals surface area contributed by atoms with E-state index in [-0.39, 0.29) is 5.97 Å². The van der Waals surface area contributed by atoms with Crippen LogP contribution in [0.5, 0.6) is 0 Å². The Bertz CT molecular complexity index is 215. The normalized spacial score (nSPS) is 32.6. The third-order valence-electron chi connectivity index (χ3n) is 3.34. The topological polar surface area (TPSA) is 38.8 Å². The lowest BCUT2D eigenvalue weighted by Crippen LogP contribution is -2.36. The molecule has 3 heteroatoms. The molecule has 0 N–H and O–H groups in total. The van der Waals surface area contributed by atoms with Crippen molar-refractivity contribution in [3.8, 4) is 0 Å². The molecule has 1 aliphatic carbocycles.